The molecule has 0 aromatic carbocycles. The summed E-state index contributed by atoms with van der Waals surface area (Å²) in [5, 5.41) is 0. The van der Waals surface area contributed by atoms with Crippen LogP contribution in [0.5, 0.6) is 0 Å². The maximum absolute atomic E-state index is 5.80. The second-order valence-electron chi connectivity index (χ2n) is 4.53. The molecule has 3 rings (SSSR count). The summed E-state index contributed by atoms with van der Waals surface area (Å²) in [6.45, 7) is 0.759. The average Bonchev–Trinajstić information content (AvgIpc) is 2.94. The first kappa shape index (κ1) is 9.78. The first-order valence-corrected chi connectivity index (χ1v) is 5.89. The number of aromatic amines is 1. The minimum atomic E-state index is 0.499. The predicted molar refractivity (Wildman–Crippen MR) is 63.0 cm³/mol. The van der Waals surface area contributed by atoms with Crippen LogP contribution in [0.2, 0.25) is 0 Å². The van der Waals surface area contributed by atoms with Gasteiger partial charge in [0.05, 0.1) is 5.52 Å². The zero-order valence-electron chi connectivity index (χ0n) is 9.19. The van der Waals surface area contributed by atoms with Crippen molar-refractivity contribution in [3.05, 3.63) is 24.2 Å². The van der Waals surface area contributed by atoms with Crippen molar-refractivity contribution in [3.63, 3.8) is 0 Å². The summed E-state index contributed by atoms with van der Waals surface area (Å²) in [4.78, 5) is 12.2. The molecule has 0 amide bonds. The Kier molecular flexibility index (Phi) is 2.36. The Morgan fingerprint density at radius 2 is 2.38 bits per heavy atom. The van der Waals surface area contributed by atoms with Crippen molar-refractivity contribution in [2.75, 3.05) is 6.54 Å². The van der Waals surface area contributed by atoms with E-state index in [0.717, 1.165) is 23.5 Å². The van der Waals surface area contributed by atoms with Gasteiger partial charge in [-0.3, -0.25) is 0 Å². The zero-order chi connectivity index (χ0) is 11.0. The molecular formula is C12H16N4. The lowest BCUT2D eigenvalue weighted by atomic mass is 9.96. The van der Waals surface area contributed by atoms with Gasteiger partial charge >= 0.3 is 0 Å². The smallest absolute Gasteiger partial charge is 0.177 e. The molecule has 84 valence electrons. The largest absolute Gasteiger partial charge is 0.340 e. The van der Waals surface area contributed by atoms with Crippen molar-refractivity contribution in [3.8, 4) is 0 Å². The van der Waals surface area contributed by atoms with Crippen molar-refractivity contribution in [1.82, 2.24) is 15.0 Å². The minimum Gasteiger partial charge on any atom is -0.340 e. The zero-order valence-corrected chi connectivity index (χ0v) is 9.19. The molecular weight excluding hydrogens is 200 g/mol. The summed E-state index contributed by atoms with van der Waals surface area (Å²) in [6.07, 6.45) is 5.46. The van der Waals surface area contributed by atoms with E-state index in [1.54, 1.807) is 6.20 Å². The van der Waals surface area contributed by atoms with Crippen LogP contribution >= 0.6 is 0 Å². The van der Waals surface area contributed by atoms with Gasteiger partial charge in [0.1, 0.15) is 5.82 Å². The molecule has 0 spiro atoms. The second-order valence-corrected chi connectivity index (χ2v) is 4.53. The highest BCUT2D eigenvalue weighted by Crippen LogP contribution is 2.37. The number of nitrogens with two attached hydrogens (primary N) is 1. The van der Waals surface area contributed by atoms with Gasteiger partial charge in [0.25, 0.3) is 0 Å². The molecule has 2 aromatic heterocycles. The highest BCUT2D eigenvalue weighted by Gasteiger charge is 2.29. The number of rotatable bonds is 2. The van der Waals surface area contributed by atoms with E-state index in [1.807, 2.05) is 12.1 Å². The molecule has 1 fully saturated rings. The SMILES string of the molecule is NCC1CCCC1c1nc2ncccc2[nH]1. The predicted octanol–water partition coefficient (Wildman–Crippen LogP) is 1.80. The van der Waals surface area contributed by atoms with Crippen molar-refractivity contribution in [2.45, 2.75) is 25.2 Å². The Bertz CT molecular complexity index is 457. The molecule has 2 atom stereocenters. The number of aromatic nitrogens is 3. The fourth-order valence-electron chi connectivity index (χ4n) is 2.72. The van der Waals surface area contributed by atoms with E-state index in [0.29, 0.717) is 11.8 Å². The van der Waals surface area contributed by atoms with Crippen LogP contribution in [0.25, 0.3) is 11.2 Å². The maximum atomic E-state index is 5.80. The number of fused-ring (bicyclic) bond motifs is 1. The lowest BCUT2D eigenvalue weighted by Crippen LogP contribution is -2.17. The van der Waals surface area contributed by atoms with Crippen LogP contribution in [0.4, 0.5) is 0 Å². The van der Waals surface area contributed by atoms with E-state index >= 15 is 0 Å². The molecule has 0 saturated heterocycles. The lowest BCUT2D eigenvalue weighted by Gasteiger charge is -2.14. The second kappa shape index (κ2) is 3.87. The molecule has 0 radical (unpaired) electrons. The highest BCUT2D eigenvalue weighted by atomic mass is 15.0. The standard InChI is InChI=1S/C12H16N4/c13-7-8-3-1-4-9(8)11-15-10-5-2-6-14-12(10)16-11/h2,5-6,8-9H,1,3-4,7,13H2,(H,14,15,16). The molecule has 1 saturated carbocycles. The molecule has 0 aliphatic heterocycles. The minimum absolute atomic E-state index is 0.499. The molecule has 4 heteroatoms. The van der Waals surface area contributed by atoms with E-state index < -0.39 is 0 Å². The van der Waals surface area contributed by atoms with Crippen molar-refractivity contribution >= 4 is 11.2 Å². The molecule has 1 aliphatic rings. The molecule has 3 N–H and O–H groups in total. The van der Waals surface area contributed by atoms with Gasteiger partial charge < -0.3 is 10.7 Å². The Labute approximate surface area is 94.3 Å². The van der Waals surface area contributed by atoms with Crippen LogP contribution in [0, 0.1) is 5.92 Å². The van der Waals surface area contributed by atoms with Gasteiger partial charge in [-0.05, 0) is 37.4 Å². The Hall–Kier alpha value is -1.42. The van der Waals surface area contributed by atoms with Crippen LogP contribution < -0.4 is 5.73 Å². The quantitative estimate of drug-likeness (QED) is 0.804. The van der Waals surface area contributed by atoms with Crippen LogP contribution in [-0.4, -0.2) is 21.5 Å². The molecule has 2 unspecified atom stereocenters. The third kappa shape index (κ3) is 1.50. The molecule has 2 heterocycles. The maximum Gasteiger partial charge on any atom is 0.177 e. The first-order chi connectivity index (χ1) is 7.88. The highest BCUT2D eigenvalue weighted by molar-refractivity contribution is 5.70. The number of pyridine rings is 1. The topological polar surface area (TPSA) is 67.6 Å². The van der Waals surface area contributed by atoms with Gasteiger partial charge in [0, 0.05) is 12.1 Å². The van der Waals surface area contributed by atoms with E-state index in [9.17, 15) is 0 Å². The van der Waals surface area contributed by atoms with Crippen LogP contribution in [0.15, 0.2) is 18.3 Å². The fraction of sp³-hybridized carbons (Fsp3) is 0.500. The monoisotopic (exact) mass is 216 g/mol. The van der Waals surface area contributed by atoms with Gasteiger partial charge in [-0.25, -0.2) is 9.97 Å². The van der Waals surface area contributed by atoms with Crippen molar-refractivity contribution in [2.24, 2.45) is 11.7 Å². The van der Waals surface area contributed by atoms with E-state index in [-0.39, 0.29) is 0 Å². The number of imidazole rings is 1. The summed E-state index contributed by atoms with van der Waals surface area (Å²) in [7, 11) is 0. The third-order valence-corrected chi connectivity index (χ3v) is 3.59. The van der Waals surface area contributed by atoms with Crippen LogP contribution in [-0.2, 0) is 0 Å². The van der Waals surface area contributed by atoms with Gasteiger partial charge in [-0.15, -0.1) is 0 Å². The molecule has 16 heavy (non-hydrogen) atoms. The Morgan fingerprint density at radius 1 is 1.44 bits per heavy atom. The summed E-state index contributed by atoms with van der Waals surface area (Å²) in [5.41, 5.74) is 7.65. The number of hydrogen-bond donors (Lipinski definition) is 2. The molecule has 0 bridgehead atoms. The van der Waals surface area contributed by atoms with Gasteiger partial charge in [-0.2, -0.15) is 0 Å². The fourth-order valence-corrected chi connectivity index (χ4v) is 2.72. The van der Waals surface area contributed by atoms with Crippen LogP contribution in [0.1, 0.15) is 31.0 Å². The Morgan fingerprint density at radius 3 is 3.19 bits per heavy atom. The van der Waals surface area contributed by atoms with Gasteiger partial charge in [0.15, 0.2) is 5.65 Å². The van der Waals surface area contributed by atoms with E-state index in [2.05, 4.69) is 15.0 Å². The van der Waals surface area contributed by atoms with Crippen LogP contribution in [0.3, 0.4) is 0 Å². The van der Waals surface area contributed by atoms with Crippen molar-refractivity contribution in [1.29, 1.82) is 0 Å². The van der Waals surface area contributed by atoms with Gasteiger partial charge in [0.2, 0.25) is 0 Å². The summed E-state index contributed by atoms with van der Waals surface area (Å²) < 4.78 is 0. The number of H-pyrrole nitrogens is 1. The lowest BCUT2D eigenvalue weighted by molar-refractivity contribution is 0.481. The summed E-state index contributed by atoms with van der Waals surface area (Å²) in [5.74, 6) is 2.15. The van der Waals surface area contributed by atoms with Gasteiger partial charge in [-0.1, -0.05) is 6.42 Å². The third-order valence-electron chi connectivity index (χ3n) is 3.59. The number of hydrogen-bond acceptors (Lipinski definition) is 3. The average molecular weight is 216 g/mol. The Balaban J connectivity index is 1.99. The van der Waals surface area contributed by atoms with Crippen molar-refractivity contribution < 1.29 is 0 Å². The van der Waals surface area contributed by atoms with E-state index in [1.165, 1.54) is 19.3 Å². The van der Waals surface area contributed by atoms with E-state index in [4.69, 9.17) is 5.73 Å². The molecule has 1 aliphatic carbocycles. The summed E-state index contributed by atoms with van der Waals surface area (Å²) in [6, 6.07) is 3.95. The molecule has 2 aromatic rings. The number of nitrogens with one attached hydrogen (secondary N) is 1. The summed E-state index contributed by atoms with van der Waals surface area (Å²) >= 11 is 0. The molecule has 4 nitrogen and oxygen atoms in total. The number of nitrogens with zero attached hydrogens (tertiary/aromatic N) is 2. The first-order valence-electron chi connectivity index (χ1n) is 5.89. The normalized spacial score (nSPS) is 25.3.